The molecule has 1 heterocycles. The van der Waals surface area contributed by atoms with Crippen molar-refractivity contribution in [3.05, 3.63) is 0 Å². The SMILES string of the molecule is CC(NC(=O)CCC1CCCCO1)(C(=O)O)C(F)(F)F. The Kier molecular flexibility index (Phi) is 5.38. The molecule has 2 atom stereocenters. The molecule has 8 heteroatoms. The summed E-state index contributed by atoms with van der Waals surface area (Å²) in [6, 6.07) is 0. The van der Waals surface area contributed by atoms with Gasteiger partial charge in [0.05, 0.1) is 6.10 Å². The molecule has 2 N–H and O–H groups in total. The van der Waals surface area contributed by atoms with Crippen LogP contribution in [0.2, 0.25) is 0 Å². The highest BCUT2D eigenvalue weighted by atomic mass is 19.4. The lowest BCUT2D eigenvalue weighted by molar-refractivity contribution is -0.207. The lowest BCUT2D eigenvalue weighted by Crippen LogP contribution is -2.61. The Bertz CT molecular complexity index is 366. The van der Waals surface area contributed by atoms with Gasteiger partial charge in [0.25, 0.3) is 0 Å². The predicted octanol–water partition coefficient (Wildman–Crippen LogP) is 1.86. The second-order valence-electron chi connectivity index (χ2n) is 5.00. The van der Waals surface area contributed by atoms with Crippen LogP contribution in [0.3, 0.4) is 0 Å². The lowest BCUT2D eigenvalue weighted by Gasteiger charge is -2.29. The molecule has 1 fully saturated rings. The molecule has 0 aromatic heterocycles. The van der Waals surface area contributed by atoms with Crippen LogP contribution < -0.4 is 5.32 Å². The summed E-state index contributed by atoms with van der Waals surface area (Å²) in [5.41, 5.74) is -3.27. The van der Waals surface area contributed by atoms with Crippen LogP contribution in [0.4, 0.5) is 13.2 Å². The van der Waals surface area contributed by atoms with E-state index in [9.17, 15) is 22.8 Å². The number of rotatable bonds is 5. The minimum Gasteiger partial charge on any atom is -0.479 e. The fourth-order valence-electron chi connectivity index (χ4n) is 1.91. The summed E-state index contributed by atoms with van der Waals surface area (Å²) in [7, 11) is 0. The number of hydrogen-bond acceptors (Lipinski definition) is 3. The molecule has 20 heavy (non-hydrogen) atoms. The first-order chi connectivity index (χ1) is 9.17. The molecule has 1 rings (SSSR count). The summed E-state index contributed by atoms with van der Waals surface area (Å²) in [6.45, 7) is 1.02. The second kappa shape index (κ2) is 6.43. The molecular formula is C12H18F3NO4. The molecule has 0 bridgehead atoms. The van der Waals surface area contributed by atoms with Crippen LogP contribution in [0, 0.1) is 0 Å². The Morgan fingerprint density at radius 1 is 1.35 bits per heavy atom. The highest BCUT2D eigenvalue weighted by Crippen LogP contribution is 2.30. The van der Waals surface area contributed by atoms with Crippen LogP contribution in [0.5, 0.6) is 0 Å². The fourth-order valence-corrected chi connectivity index (χ4v) is 1.91. The summed E-state index contributed by atoms with van der Waals surface area (Å²) >= 11 is 0. The van der Waals surface area contributed by atoms with E-state index in [1.807, 2.05) is 0 Å². The van der Waals surface area contributed by atoms with Gasteiger partial charge in [-0.1, -0.05) is 0 Å². The number of carboxylic acid groups (broad SMARTS) is 1. The molecule has 0 radical (unpaired) electrons. The van der Waals surface area contributed by atoms with E-state index in [-0.39, 0.29) is 12.5 Å². The van der Waals surface area contributed by atoms with Crippen LogP contribution in [-0.4, -0.2) is 41.4 Å². The van der Waals surface area contributed by atoms with E-state index in [0.29, 0.717) is 20.0 Å². The standard InChI is InChI=1S/C12H18F3NO4/c1-11(10(18)19,12(13,14)15)16-9(17)6-5-8-4-2-3-7-20-8/h8H,2-7H2,1H3,(H,16,17)(H,18,19). The van der Waals surface area contributed by atoms with E-state index in [0.717, 1.165) is 19.3 Å². The van der Waals surface area contributed by atoms with Gasteiger partial charge in [-0.3, -0.25) is 4.79 Å². The predicted molar refractivity (Wildman–Crippen MR) is 63.1 cm³/mol. The number of halogens is 3. The number of amides is 1. The molecule has 2 unspecified atom stereocenters. The average molecular weight is 297 g/mol. The minimum absolute atomic E-state index is 0.142. The Labute approximate surface area is 114 Å². The lowest BCUT2D eigenvalue weighted by atomic mass is 10.0. The zero-order chi connectivity index (χ0) is 15.4. The third-order valence-corrected chi connectivity index (χ3v) is 3.35. The summed E-state index contributed by atoms with van der Waals surface area (Å²) < 4.78 is 43.4. The summed E-state index contributed by atoms with van der Waals surface area (Å²) in [5.74, 6) is -3.08. The van der Waals surface area contributed by atoms with Crippen LogP contribution in [0.1, 0.15) is 39.0 Å². The van der Waals surface area contributed by atoms with Crippen LogP contribution >= 0.6 is 0 Å². The molecule has 0 aliphatic carbocycles. The van der Waals surface area contributed by atoms with Gasteiger partial charge >= 0.3 is 12.1 Å². The number of ether oxygens (including phenoxy) is 1. The van der Waals surface area contributed by atoms with Gasteiger partial charge in [-0.25, -0.2) is 4.79 Å². The third-order valence-electron chi connectivity index (χ3n) is 3.35. The minimum atomic E-state index is -5.06. The van der Waals surface area contributed by atoms with E-state index >= 15 is 0 Å². The number of nitrogens with one attached hydrogen (secondary N) is 1. The van der Waals surface area contributed by atoms with Crippen molar-refractivity contribution in [2.75, 3.05) is 6.61 Å². The van der Waals surface area contributed by atoms with Crippen LogP contribution in [0.25, 0.3) is 0 Å². The maximum Gasteiger partial charge on any atom is 0.422 e. The van der Waals surface area contributed by atoms with Gasteiger partial charge in [0.1, 0.15) is 0 Å². The number of alkyl halides is 3. The number of carbonyl (C=O) groups excluding carboxylic acids is 1. The van der Waals surface area contributed by atoms with Crippen molar-refractivity contribution in [3.63, 3.8) is 0 Å². The molecule has 0 spiro atoms. The smallest absolute Gasteiger partial charge is 0.422 e. The van der Waals surface area contributed by atoms with Crippen molar-refractivity contribution in [2.24, 2.45) is 0 Å². The van der Waals surface area contributed by atoms with E-state index < -0.39 is 23.6 Å². The zero-order valence-electron chi connectivity index (χ0n) is 11.1. The largest absolute Gasteiger partial charge is 0.479 e. The van der Waals surface area contributed by atoms with Crippen molar-refractivity contribution in [2.45, 2.75) is 56.8 Å². The zero-order valence-corrected chi connectivity index (χ0v) is 11.1. The molecular weight excluding hydrogens is 279 g/mol. The van der Waals surface area contributed by atoms with Crippen molar-refractivity contribution < 1.29 is 32.6 Å². The normalized spacial score (nSPS) is 22.9. The third kappa shape index (κ3) is 4.09. The summed E-state index contributed by atoms with van der Waals surface area (Å²) in [5, 5.41) is 10.2. The van der Waals surface area contributed by atoms with Gasteiger partial charge in [-0.05, 0) is 32.6 Å². The van der Waals surface area contributed by atoms with E-state index in [2.05, 4.69) is 0 Å². The molecule has 0 aromatic carbocycles. The van der Waals surface area contributed by atoms with Gasteiger partial charge in [0.15, 0.2) is 0 Å². The Balaban J connectivity index is 2.52. The number of aliphatic carboxylic acids is 1. The molecule has 1 aliphatic rings. The molecule has 0 saturated carbocycles. The summed E-state index contributed by atoms with van der Waals surface area (Å²) in [6.07, 6.45) is -2.44. The highest BCUT2D eigenvalue weighted by Gasteiger charge is 2.58. The van der Waals surface area contributed by atoms with Crippen molar-refractivity contribution in [3.8, 4) is 0 Å². The van der Waals surface area contributed by atoms with E-state index in [1.165, 1.54) is 0 Å². The molecule has 116 valence electrons. The molecule has 5 nitrogen and oxygen atoms in total. The van der Waals surface area contributed by atoms with Crippen molar-refractivity contribution >= 4 is 11.9 Å². The Hall–Kier alpha value is -1.31. The molecule has 0 aromatic rings. The Morgan fingerprint density at radius 2 is 2.00 bits per heavy atom. The average Bonchev–Trinajstić information content (AvgIpc) is 2.36. The summed E-state index contributed by atoms with van der Waals surface area (Å²) in [4.78, 5) is 22.3. The van der Waals surface area contributed by atoms with Crippen LogP contribution in [-0.2, 0) is 14.3 Å². The van der Waals surface area contributed by atoms with Gasteiger partial charge in [0.2, 0.25) is 11.4 Å². The second-order valence-corrected chi connectivity index (χ2v) is 5.00. The van der Waals surface area contributed by atoms with E-state index in [1.54, 1.807) is 5.32 Å². The first-order valence-electron chi connectivity index (χ1n) is 6.39. The van der Waals surface area contributed by atoms with Gasteiger partial charge < -0.3 is 15.2 Å². The van der Waals surface area contributed by atoms with Crippen LogP contribution in [0.15, 0.2) is 0 Å². The van der Waals surface area contributed by atoms with Gasteiger partial charge in [-0.2, -0.15) is 13.2 Å². The molecule has 1 amide bonds. The maximum absolute atomic E-state index is 12.7. The quantitative estimate of drug-likeness (QED) is 0.812. The maximum atomic E-state index is 12.7. The van der Waals surface area contributed by atoms with E-state index in [4.69, 9.17) is 9.84 Å². The van der Waals surface area contributed by atoms with Crippen molar-refractivity contribution in [1.29, 1.82) is 0 Å². The first-order valence-corrected chi connectivity index (χ1v) is 6.39. The van der Waals surface area contributed by atoms with Crippen molar-refractivity contribution in [1.82, 2.24) is 5.32 Å². The molecule has 1 saturated heterocycles. The monoisotopic (exact) mass is 297 g/mol. The van der Waals surface area contributed by atoms with Gasteiger partial charge in [-0.15, -0.1) is 0 Å². The number of carbonyl (C=O) groups is 2. The number of carboxylic acids is 1. The number of hydrogen-bond donors (Lipinski definition) is 2. The molecule has 1 aliphatic heterocycles. The first kappa shape index (κ1) is 16.7. The fraction of sp³-hybridized carbons (Fsp3) is 0.833. The highest BCUT2D eigenvalue weighted by molar-refractivity contribution is 5.87. The Morgan fingerprint density at radius 3 is 2.45 bits per heavy atom. The van der Waals surface area contributed by atoms with Gasteiger partial charge in [0, 0.05) is 13.0 Å². The topological polar surface area (TPSA) is 75.6 Å².